The highest BCUT2D eigenvalue weighted by molar-refractivity contribution is 5.80. The lowest BCUT2D eigenvalue weighted by molar-refractivity contribution is -0.142. The highest BCUT2D eigenvalue weighted by atomic mass is 16.5. The van der Waals surface area contributed by atoms with E-state index < -0.39 is 29.6 Å². The van der Waals surface area contributed by atoms with Crippen LogP contribution in [0.3, 0.4) is 0 Å². The second kappa shape index (κ2) is 9.70. The summed E-state index contributed by atoms with van der Waals surface area (Å²) in [5.74, 6) is -1.43. The molecule has 0 aliphatic heterocycles. The molecule has 2 aromatic carbocycles. The van der Waals surface area contributed by atoms with Gasteiger partial charge in [-0.3, -0.25) is 9.59 Å². The molecule has 0 radical (unpaired) electrons. The summed E-state index contributed by atoms with van der Waals surface area (Å²) in [5, 5.41) is 24.5. The van der Waals surface area contributed by atoms with Crippen LogP contribution in [0.15, 0.2) is 48.5 Å². The lowest BCUT2D eigenvalue weighted by atomic mass is 9.91. The highest BCUT2D eigenvalue weighted by Crippen LogP contribution is 2.45. The van der Waals surface area contributed by atoms with E-state index >= 15 is 0 Å². The van der Waals surface area contributed by atoms with E-state index in [1.54, 1.807) is 0 Å². The topological polar surface area (TPSA) is 125 Å². The number of nitrogens with one attached hydrogen (secondary N) is 2. The molecule has 0 spiro atoms. The number of carboxylic acids is 1. The predicted molar refractivity (Wildman–Crippen MR) is 130 cm³/mol. The van der Waals surface area contributed by atoms with Crippen molar-refractivity contribution in [3.63, 3.8) is 0 Å². The minimum absolute atomic E-state index is 0.00497. The van der Waals surface area contributed by atoms with E-state index in [0.717, 1.165) is 35.1 Å². The minimum Gasteiger partial charge on any atom is -0.481 e. The van der Waals surface area contributed by atoms with Gasteiger partial charge in [-0.05, 0) is 54.9 Å². The first kappa shape index (κ1) is 24.7. The third-order valence-corrected chi connectivity index (χ3v) is 6.94. The second-order valence-corrected chi connectivity index (χ2v) is 10.2. The van der Waals surface area contributed by atoms with Gasteiger partial charge in [0.15, 0.2) is 0 Å². The van der Waals surface area contributed by atoms with Crippen LogP contribution in [0.1, 0.15) is 56.6 Å². The van der Waals surface area contributed by atoms with E-state index in [0.29, 0.717) is 0 Å². The lowest BCUT2D eigenvalue weighted by Crippen LogP contribution is -2.52. The van der Waals surface area contributed by atoms with Crippen LogP contribution in [0.5, 0.6) is 0 Å². The molecule has 2 aliphatic rings. The standard InChI is InChI=1S/C27H32N2O6/c1-26(34,14-24(31)32)16-28-23(30)13-27(2,17-11-12-17)29-25(33)35-15-22-20-9-5-3-7-18(20)19-8-4-6-10-21(19)22/h3-10,17,22,34H,11-16H2,1-2H3,(H,28,30)(H,29,33)(H,31,32). The Labute approximate surface area is 204 Å². The molecule has 8 nitrogen and oxygen atoms in total. The summed E-state index contributed by atoms with van der Waals surface area (Å²) in [4.78, 5) is 36.3. The summed E-state index contributed by atoms with van der Waals surface area (Å²) >= 11 is 0. The zero-order chi connectivity index (χ0) is 25.2. The third kappa shape index (κ3) is 5.82. The van der Waals surface area contributed by atoms with Crippen LogP contribution in [0.4, 0.5) is 4.79 Å². The number of aliphatic carboxylic acids is 1. The van der Waals surface area contributed by atoms with Crippen molar-refractivity contribution in [2.24, 2.45) is 5.92 Å². The van der Waals surface area contributed by atoms with Gasteiger partial charge in [0.2, 0.25) is 5.91 Å². The first-order valence-corrected chi connectivity index (χ1v) is 11.9. The molecule has 0 saturated heterocycles. The Bertz CT molecular complexity index is 1080. The van der Waals surface area contributed by atoms with Crippen LogP contribution in [0, 0.1) is 5.92 Å². The van der Waals surface area contributed by atoms with Crippen molar-refractivity contribution in [2.45, 2.75) is 56.6 Å². The molecular weight excluding hydrogens is 448 g/mol. The summed E-state index contributed by atoms with van der Waals surface area (Å²) in [6.45, 7) is 3.17. The second-order valence-electron chi connectivity index (χ2n) is 10.2. The summed E-state index contributed by atoms with van der Waals surface area (Å²) in [6.07, 6.45) is 0.733. The van der Waals surface area contributed by atoms with Gasteiger partial charge in [-0.15, -0.1) is 0 Å². The maximum Gasteiger partial charge on any atom is 0.407 e. The van der Waals surface area contributed by atoms with Crippen LogP contribution in [-0.4, -0.2) is 52.5 Å². The fraction of sp³-hybridized carbons (Fsp3) is 0.444. The van der Waals surface area contributed by atoms with E-state index in [-0.39, 0.29) is 37.3 Å². The normalized spacial score (nSPS) is 17.9. The Morgan fingerprint density at radius 3 is 2.09 bits per heavy atom. The zero-order valence-corrected chi connectivity index (χ0v) is 20.0. The lowest BCUT2D eigenvalue weighted by Gasteiger charge is -2.31. The molecule has 0 heterocycles. The number of hydrogen-bond donors (Lipinski definition) is 4. The van der Waals surface area contributed by atoms with Gasteiger partial charge < -0.3 is 25.6 Å². The van der Waals surface area contributed by atoms with Crippen molar-refractivity contribution >= 4 is 18.0 Å². The van der Waals surface area contributed by atoms with Crippen molar-refractivity contribution in [3.05, 3.63) is 59.7 Å². The fourth-order valence-electron chi connectivity index (χ4n) is 4.95. The Hall–Kier alpha value is -3.39. The van der Waals surface area contributed by atoms with E-state index in [2.05, 4.69) is 34.9 Å². The monoisotopic (exact) mass is 480 g/mol. The summed E-state index contributed by atoms with van der Waals surface area (Å²) in [5.41, 5.74) is 2.19. The Kier molecular flexibility index (Phi) is 6.85. The van der Waals surface area contributed by atoms with Crippen molar-refractivity contribution < 1.29 is 29.3 Å². The third-order valence-electron chi connectivity index (χ3n) is 6.94. The molecule has 2 unspecified atom stereocenters. The molecule has 35 heavy (non-hydrogen) atoms. The number of rotatable bonds is 10. The first-order valence-electron chi connectivity index (χ1n) is 11.9. The summed E-state index contributed by atoms with van der Waals surface area (Å²) in [7, 11) is 0. The van der Waals surface area contributed by atoms with Crippen LogP contribution in [-0.2, 0) is 14.3 Å². The molecular formula is C27H32N2O6. The molecule has 0 bridgehead atoms. The van der Waals surface area contributed by atoms with Gasteiger partial charge in [-0.25, -0.2) is 4.79 Å². The van der Waals surface area contributed by atoms with Crippen molar-refractivity contribution in [1.82, 2.24) is 10.6 Å². The van der Waals surface area contributed by atoms with E-state index in [9.17, 15) is 19.5 Å². The number of alkyl carbamates (subject to hydrolysis) is 1. The predicted octanol–water partition coefficient (Wildman–Crippen LogP) is 3.43. The van der Waals surface area contributed by atoms with Gasteiger partial charge in [-0.1, -0.05) is 48.5 Å². The van der Waals surface area contributed by atoms with E-state index in [1.165, 1.54) is 6.92 Å². The van der Waals surface area contributed by atoms with Gasteiger partial charge >= 0.3 is 12.1 Å². The van der Waals surface area contributed by atoms with Gasteiger partial charge in [0.05, 0.1) is 17.6 Å². The maximum atomic E-state index is 12.8. The van der Waals surface area contributed by atoms with Crippen LogP contribution in [0.2, 0.25) is 0 Å². The smallest absolute Gasteiger partial charge is 0.407 e. The molecule has 1 saturated carbocycles. The van der Waals surface area contributed by atoms with Gasteiger partial charge in [0, 0.05) is 18.9 Å². The number of carboxylic acid groups (broad SMARTS) is 1. The molecule has 4 N–H and O–H groups in total. The Morgan fingerprint density at radius 2 is 1.54 bits per heavy atom. The van der Waals surface area contributed by atoms with E-state index in [4.69, 9.17) is 9.84 Å². The molecule has 4 rings (SSSR count). The number of carbonyl (C=O) groups is 3. The summed E-state index contributed by atoms with van der Waals surface area (Å²) in [6, 6.07) is 16.2. The van der Waals surface area contributed by atoms with Crippen molar-refractivity contribution in [2.75, 3.05) is 13.2 Å². The van der Waals surface area contributed by atoms with Crippen LogP contribution >= 0.6 is 0 Å². The molecule has 0 aromatic heterocycles. The quantitative estimate of drug-likeness (QED) is 0.413. The number of hydrogen-bond acceptors (Lipinski definition) is 5. The zero-order valence-electron chi connectivity index (χ0n) is 20.0. The molecule has 8 heteroatoms. The number of benzene rings is 2. The molecule has 2 amide bonds. The van der Waals surface area contributed by atoms with Crippen molar-refractivity contribution in [1.29, 1.82) is 0 Å². The molecule has 186 valence electrons. The summed E-state index contributed by atoms with van der Waals surface area (Å²) < 4.78 is 5.67. The largest absolute Gasteiger partial charge is 0.481 e. The molecule has 2 aromatic rings. The number of fused-ring (bicyclic) bond motifs is 3. The minimum atomic E-state index is -1.56. The average Bonchev–Trinajstić information content (AvgIpc) is 3.60. The highest BCUT2D eigenvalue weighted by Gasteiger charge is 2.44. The number of amides is 2. The average molecular weight is 481 g/mol. The van der Waals surface area contributed by atoms with Crippen molar-refractivity contribution in [3.8, 4) is 11.1 Å². The van der Waals surface area contributed by atoms with E-state index in [1.807, 2.05) is 31.2 Å². The van der Waals surface area contributed by atoms with Gasteiger partial charge in [0.1, 0.15) is 6.61 Å². The molecule has 1 fully saturated rings. The molecule has 2 aliphatic carbocycles. The number of carbonyl (C=O) groups excluding carboxylic acids is 2. The van der Waals surface area contributed by atoms with Crippen LogP contribution < -0.4 is 10.6 Å². The Balaban J connectivity index is 1.36. The fourth-order valence-corrected chi connectivity index (χ4v) is 4.95. The van der Waals surface area contributed by atoms with Gasteiger partial charge in [-0.2, -0.15) is 0 Å². The van der Waals surface area contributed by atoms with Crippen LogP contribution in [0.25, 0.3) is 11.1 Å². The maximum absolute atomic E-state index is 12.8. The number of aliphatic hydroxyl groups is 1. The first-order chi connectivity index (χ1) is 16.6. The Morgan fingerprint density at radius 1 is 0.971 bits per heavy atom. The molecule has 2 atom stereocenters. The SMILES string of the molecule is CC(O)(CNC(=O)CC(C)(NC(=O)OCC1c2ccccc2-c2ccccc21)C1CC1)CC(=O)O. The van der Waals surface area contributed by atoms with Gasteiger partial charge in [0.25, 0.3) is 0 Å². The number of ether oxygens (including phenoxy) is 1.